The third kappa shape index (κ3) is 3.20. The van der Waals surface area contributed by atoms with Crippen molar-refractivity contribution in [3.8, 4) is 5.75 Å². The van der Waals surface area contributed by atoms with Gasteiger partial charge in [0.25, 0.3) is 5.12 Å². The highest BCUT2D eigenvalue weighted by atomic mass is 32.2. The van der Waals surface area contributed by atoms with Gasteiger partial charge in [-0.2, -0.15) is 0 Å². The Kier molecular flexibility index (Phi) is 4.25. The highest BCUT2D eigenvalue weighted by molar-refractivity contribution is 8.14. The van der Waals surface area contributed by atoms with Crippen molar-refractivity contribution in [2.24, 2.45) is 0 Å². The zero-order valence-corrected chi connectivity index (χ0v) is 9.67. The number of hydrogen-bond acceptors (Lipinski definition) is 5. The first-order valence-electron chi connectivity index (χ1n) is 4.45. The quantitative estimate of drug-likeness (QED) is 0.347. The molecular weight excluding hydrogens is 228 g/mol. The Balaban J connectivity index is 2.82. The molecule has 1 rings (SSSR count). The summed E-state index contributed by atoms with van der Waals surface area (Å²) in [5.41, 5.74) is 0.287. The number of Topliss-reactive ketones (excluding diaryl/α,β-unsaturated/α-hetero) is 1. The number of carbonyl (C=O) groups excluding carboxylic acids is 3. The molecule has 0 aliphatic carbocycles. The van der Waals surface area contributed by atoms with E-state index in [1.807, 2.05) is 0 Å². The molecule has 5 heteroatoms. The van der Waals surface area contributed by atoms with Gasteiger partial charge in [0, 0.05) is 12.5 Å². The van der Waals surface area contributed by atoms with Crippen LogP contribution < -0.4 is 4.74 Å². The molecule has 0 N–H and O–H groups in total. The van der Waals surface area contributed by atoms with E-state index in [-0.39, 0.29) is 5.56 Å². The Morgan fingerprint density at radius 3 is 2.12 bits per heavy atom. The van der Waals surface area contributed by atoms with E-state index in [4.69, 9.17) is 4.74 Å². The van der Waals surface area contributed by atoms with Gasteiger partial charge in [0.15, 0.2) is 0 Å². The van der Waals surface area contributed by atoms with Gasteiger partial charge in [-0.3, -0.25) is 14.4 Å². The molecule has 0 saturated carbocycles. The maximum atomic E-state index is 11.4. The predicted octanol–water partition coefficient (Wildman–Crippen LogP) is 1.68. The summed E-state index contributed by atoms with van der Waals surface area (Å²) in [5.74, 6) is -0.637. The van der Waals surface area contributed by atoms with E-state index in [1.165, 1.54) is 31.2 Å². The van der Waals surface area contributed by atoms with Gasteiger partial charge in [0.05, 0.1) is 0 Å². The van der Waals surface area contributed by atoms with Crippen LogP contribution in [0, 0.1) is 0 Å². The molecule has 0 saturated heterocycles. The molecule has 84 valence electrons. The topological polar surface area (TPSA) is 60.4 Å². The zero-order valence-electron chi connectivity index (χ0n) is 8.85. The van der Waals surface area contributed by atoms with E-state index in [2.05, 4.69) is 0 Å². The molecule has 0 bridgehead atoms. The van der Waals surface area contributed by atoms with Gasteiger partial charge in [-0.15, -0.1) is 0 Å². The molecule has 4 nitrogen and oxygen atoms in total. The van der Waals surface area contributed by atoms with Crippen LogP contribution in [0.5, 0.6) is 5.75 Å². The first-order valence-corrected chi connectivity index (χ1v) is 5.68. The molecule has 0 fully saturated rings. The van der Waals surface area contributed by atoms with E-state index in [0.29, 0.717) is 5.75 Å². The van der Waals surface area contributed by atoms with E-state index < -0.39 is 16.9 Å². The Morgan fingerprint density at radius 2 is 1.69 bits per heavy atom. The number of benzene rings is 1. The first-order chi connectivity index (χ1) is 7.54. The smallest absolute Gasteiger partial charge is 0.308 e. The fourth-order valence-electron chi connectivity index (χ4n) is 1.05. The maximum absolute atomic E-state index is 11.4. The number of ether oxygens (including phenoxy) is 1. The highest BCUT2D eigenvalue weighted by Gasteiger charge is 2.14. The van der Waals surface area contributed by atoms with Gasteiger partial charge in [-0.1, -0.05) is 11.8 Å². The monoisotopic (exact) mass is 238 g/mol. The minimum atomic E-state index is -0.554. The van der Waals surface area contributed by atoms with Crippen molar-refractivity contribution in [3.05, 3.63) is 29.8 Å². The number of rotatable bonds is 3. The van der Waals surface area contributed by atoms with Gasteiger partial charge in [0.1, 0.15) is 5.75 Å². The summed E-state index contributed by atoms with van der Waals surface area (Å²) in [6, 6.07) is 5.86. The predicted molar refractivity (Wildman–Crippen MR) is 60.6 cm³/mol. The van der Waals surface area contributed by atoms with Gasteiger partial charge in [-0.25, -0.2) is 0 Å². The number of hydrogen-bond donors (Lipinski definition) is 0. The highest BCUT2D eigenvalue weighted by Crippen LogP contribution is 2.14. The van der Waals surface area contributed by atoms with Crippen LogP contribution in [0.2, 0.25) is 0 Å². The molecule has 0 atom stereocenters. The van der Waals surface area contributed by atoms with Crippen molar-refractivity contribution in [2.45, 2.75) is 6.92 Å². The zero-order chi connectivity index (χ0) is 12.1. The summed E-state index contributed by atoms with van der Waals surface area (Å²) in [6.07, 6.45) is 1.55. The number of thioether (sulfide) groups is 1. The van der Waals surface area contributed by atoms with Crippen LogP contribution in [0.15, 0.2) is 24.3 Å². The van der Waals surface area contributed by atoms with Crippen molar-refractivity contribution in [2.75, 3.05) is 6.26 Å². The summed E-state index contributed by atoms with van der Waals surface area (Å²) < 4.78 is 4.80. The molecule has 0 aromatic heterocycles. The molecule has 0 heterocycles. The van der Waals surface area contributed by atoms with E-state index >= 15 is 0 Å². The Hall–Kier alpha value is -1.62. The second-order valence-corrected chi connectivity index (χ2v) is 3.72. The molecule has 0 spiro atoms. The SMILES string of the molecule is CSC(=O)C(=O)c1ccc(OC(C)=O)cc1. The van der Waals surface area contributed by atoms with Crippen molar-refractivity contribution >= 4 is 28.6 Å². The van der Waals surface area contributed by atoms with Crippen LogP contribution in [-0.4, -0.2) is 23.1 Å². The molecule has 0 unspecified atom stereocenters. The third-order valence-corrected chi connectivity index (χ3v) is 2.31. The normalized spacial score (nSPS) is 9.62. The van der Waals surface area contributed by atoms with E-state index in [9.17, 15) is 14.4 Å². The van der Waals surface area contributed by atoms with Gasteiger partial charge in [0.2, 0.25) is 5.78 Å². The maximum Gasteiger partial charge on any atom is 0.308 e. The van der Waals surface area contributed by atoms with E-state index in [1.54, 1.807) is 6.26 Å². The van der Waals surface area contributed by atoms with Crippen LogP contribution in [0.3, 0.4) is 0 Å². The fourth-order valence-corrected chi connectivity index (χ4v) is 1.35. The Bertz CT molecular complexity index is 422. The van der Waals surface area contributed by atoms with Crippen LogP contribution in [0.25, 0.3) is 0 Å². The van der Waals surface area contributed by atoms with Crippen molar-refractivity contribution in [1.29, 1.82) is 0 Å². The standard InChI is InChI=1S/C11H10O4S/c1-7(12)15-9-5-3-8(4-6-9)10(13)11(14)16-2/h3-6H,1-2H3. The molecule has 1 aromatic carbocycles. The molecule has 0 aliphatic rings. The number of ketones is 1. The molecule has 0 amide bonds. The van der Waals surface area contributed by atoms with Gasteiger partial charge >= 0.3 is 5.97 Å². The lowest BCUT2D eigenvalue weighted by molar-refractivity contribution is -0.131. The number of esters is 1. The average Bonchev–Trinajstić information content (AvgIpc) is 2.27. The fraction of sp³-hybridized carbons (Fsp3) is 0.182. The van der Waals surface area contributed by atoms with Gasteiger partial charge < -0.3 is 4.74 Å². The van der Waals surface area contributed by atoms with Crippen LogP contribution in [-0.2, 0) is 9.59 Å². The molecule has 1 aromatic rings. The van der Waals surface area contributed by atoms with Crippen molar-refractivity contribution < 1.29 is 19.1 Å². The van der Waals surface area contributed by atoms with Gasteiger partial charge in [-0.05, 0) is 30.5 Å². The minimum absolute atomic E-state index is 0.287. The Morgan fingerprint density at radius 1 is 1.12 bits per heavy atom. The van der Waals surface area contributed by atoms with Crippen LogP contribution in [0.1, 0.15) is 17.3 Å². The van der Waals surface area contributed by atoms with Crippen molar-refractivity contribution in [3.63, 3.8) is 0 Å². The molecule has 16 heavy (non-hydrogen) atoms. The second kappa shape index (κ2) is 5.46. The van der Waals surface area contributed by atoms with E-state index in [0.717, 1.165) is 11.8 Å². The summed E-state index contributed by atoms with van der Waals surface area (Å²) in [6.45, 7) is 1.29. The lowest BCUT2D eigenvalue weighted by Gasteiger charge is -2.01. The van der Waals surface area contributed by atoms with Crippen molar-refractivity contribution in [1.82, 2.24) is 0 Å². The number of carbonyl (C=O) groups is 3. The first kappa shape index (κ1) is 12.4. The molecular formula is C11H10O4S. The summed E-state index contributed by atoms with van der Waals surface area (Å²) in [7, 11) is 0. The second-order valence-electron chi connectivity index (χ2n) is 2.94. The largest absolute Gasteiger partial charge is 0.427 e. The molecule has 0 radical (unpaired) electrons. The third-order valence-electron chi connectivity index (χ3n) is 1.75. The lowest BCUT2D eigenvalue weighted by atomic mass is 10.1. The molecule has 0 aliphatic heterocycles. The minimum Gasteiger partial charge on any atom is -0.427 e. The lowest BCUT2D eigenvalue weighted by Crippen LogP contribution is -2.09. The summed E-state index contributed by atoms with van der Waals surface area (Å²) in [4.78, 5) is 33.2. The summed E-state index contributed by atoms with van der Waals surface area (Å²) >= 11 is 0.869. The Labute approximate surface area is 97.0 Å². The van der Waals surface area contributed by atoms with Crippen LogP contribution in [0.4, 0.5) is 0 Å². The van der Waals surface area contributed by atoms with Crippen LogP contribution >= 0.6 is 11.8 Å². The summed E-state index contributed by atoms with van der Waals surface area (Å²) in [5, 5.41) is -0.514. The average molecular weight is 238 g/mol.